The SMILES string of the molecule is CCCCCCCCOc1ccc(/C=C(\C)C(=O)Oc2ccc(C(=O)Oc3cccc(OC(=O)c4ccc(OC(=O)/C(C)=C/c5ccc(OCCCCCCCC)cc5)cc4F)c3)c(F)c2)cc1. The zero-order valence-corrected chi connectivity index (χ0v) is 39.3. The summed E-state index contributed by atoms with van der Waals surface area (Å²) in [6.07, 6.45) is 17.4. The Labute approximate surface area is 397 Å². The van der Waals surface area contributed by atoms with Crippen molar-refractivity contribution in [2.75, 3.05) is 13.2 Å². The molecule has 0 N–H and O–H groups in total. The Bertz CT molecular complexity index is 2340. The summed E-state index contributed by atoms with van der Waals surface area (Å²) >= 11 is 0. The first kappa shape index (κ1) is 51.9. The normalized spacial score (nSPS) is 11.4. The van der Waals surface area contributed by atoms with Crippen LogP contribution in [0.2, 0.25) is 0 Å². The molecule has 0 saturated heterocycles. The third-order valence-electron chi connectivity index (χ3n) is 10.7. The Balaban J connectivity index is 1.08. The highest BCUT2D eigenvalue weighted by Crippen LogP contribution is 2.26. The van der Waals surface area contributed by atoms with Gasteiger partial charge in [-0.25, -0.2) is 28.0 Å². The van der Waals surface area contributed by atoms with Crippen LogP contribution < -0.4 is 28.4 Å². The lowest BCUT2D eigenvalue weighted by atomic mass is 10.1. The molecule has 5 aromatic carbocycles. The third kappa shape index (κ3) is 17.3. The van der Waals surface area contributed by atoms with E-state index in [-0.39, 0.29) is 34.1 Å². The van der Waals surface area contributed by atoms with Gasteiger partial charge >= 0.3 is 23.9 Å². The van der Waals surface area contributed by atoms with E-state index in [1.807, 2.05) is 48.5 Å². The maximum Gasteiger partial charge on any atom is 0.346 e. The summed E-state index contributed by atoms with van der Waals surface area (Å²) in [7, 11) is 0. The first-order valence-electron chi connectivity index (χ1n) is 23.3. The van der Waals surface area contributed by atoms with Crippen molar-refractivity contribution in [2.24, 2.45) is 0 Å². The zero-order valence-electron chi connectivity index (χ0n) is 39.3. The van der Waals surface area contributed by atoms with Crippen molar-refractivity contribution in [3.05, 3.63) is 154 Å². The van der Waals surface area contributed by atoms with E-state index in [1.54, 1.807) is 26.0 Å². The van der Waals surface area contributed by atoms with Crippen molar-refractivity contribution in [1.82, 2.24) is 0 Å². The number of carbonyl (C=O) groups excluding carboxylic acids is 4. The number of esters is 4. The molecule has 0 saturated carbocycles. The average Bonchev–Trinajstić information content (AvgIpc) is 3.32. The molecule has 5 rings (SSSR count). The highest BCUT2D eigenvalue weighted by atomic mass is 19.1. The van der Waals surface area contributed by atoms with Crippen molar-refractivity contribution in [1.29, 1.82) is 0 Å². The van der Waals surface area contributed by atoms with Gasteiger partial charge in [0.15, 0.2) is 0 Å². The van der Waals surface area contributed by atoms with Crippen molar-refractivity contribution >= 4 is 36.0 Å². The second-order valence-corrected chi connectivity index (χ2v) is 16.3. The summed E-state index contributed by atoms with van der Waals surface area (Å²) in [6, 6.07) is 26.5. The smallest absolute Gasteiger partial charge is 0.346 e. The molecule has 0 radical (unpaired) electrons. The van der Waals surface area contributed by atoms with Gasteiger partial charge in [0.2, 0.25) is 0 Å². The minimum Gasteiger partial charge on any atom is -0.494 e. The van der Waals surface area contributed by atoms with Crippen molar-refractivity contribution in [3.8, 4) is 34.5 Å². The van der Waals surface area contributed by atoms with Gasteiger partial charge in [0.1, 0.15) is 46.1 Å². The highest BCUT2D eigenvalue weighted by Gasteiger charge is 2.20. The molecule has 10 nitrogen and oxygen atoms in total. The fourth-order valence-corrected chi connectivity index (χ4v) is 6.83. The molecule has 0 unspecified atom stereocenters. The molecule has 0 aliphatic rings. The summed E-state index contributed by atoms with van der Waals surface area (Å²) in [4.78, 5) is 51.5. The molecule has 0 fully saturated rings. The topological polar surface area (TPSA) is 124 Å². The standard InChI is InChI=1S/C56H60F2O10/c1-5-7-9-11-13-15-32-63-43-24-20-41(21-25-43)34-39(3)53(59)65-47-28-30-49(51(57)37-47)55(61)67-45-18-17-19-46(36-45)68-56(62)50-31-29-48(38-52(50)58)66-54(60)40(4)35-42-22-26-44(27-23-42)64-33-16-14-12-10-8-6-2/h17-31,34-38H,5-16,32-33H2,1-4H3/b39-34+,40-35+. The predicted octanol–water partition coefficient (Wildman–Crippen LogP) is 13.9. The van der Waals surface area contributed by atoms with E-state index in [0.717, 1.165) is 72.6 Å². The molecule has 0 atom stereocenters. The number of ether oxygens (including phenoxy) is 6. The van der Waals surface area contributed by atoms with E-state index in [1.165, 1.54) is 87.8 Å². The number of carbonyl (C=O) groups is 4. The largest absolute Gasteiger partial charge is 0.494 e. The number of benzene rings is 5. The lowest BCUT2D eigenvalue weighted by Crippen LogP contribution is -2.13. The van der Waals surface area contributed by atoms with Crippen LogP contribution in [-0.2, 0) is 9.59 Å². The zero-order chi connectivity index (χ0) is 48.7. The summed E-state index contributed by atoms with van der Waals surface area (Å²) < 4.78 is 63.3. The Morgan fingerprint density at radius 1 is 0.426 bits per heavy atom. The van der Waals surface area contributed by atoms with E-state index >= 15 is 8.78 Å². The van der Waals surface area contributed by atoms with Gasteiger partial charge in [0, 0.05) is 29.3 Å². The molecule has 0 heterocycles. The Kier molecular flexibility index (Phi) is 21.0. The van der Waals surface area contributed by atoms with Crippen LogP contribution in [0.15, 0.2) is 120 Å². The number of hydrogen-bond acceptors (Lipinski definition) is 10. The van der Waals surface area contributed by atoms with Gasteiger partial charge in [0.05, 0.1) is 24.3 Å². The van der Waals surface area contributed by atoms with Crippen LogP contribution >= 0.6 is 0 Å². The lowest BCUT2D eigenvalue weighted by Gasteiger charge is -2.10. The Morgan fingerprint density at radius 3 is 1.16 bits per heavy atom. The number of unbranched alkanes of at least 4 members (excludes halogenated alkanes) is 10. The molecule has 0 spiro atoms. The number of rotatable bonds is 26. The predicted molar refractivity (Wildman–Crippen MR) is 258 cm³/mol. The van der Waals surface area contributed by atoms with Crippen LogP contribution in [0.25, 0.3) is 12.2 Å². The van der Waals surface area contributed by atoms with Gasteiger partial charge in [-0.3, -0.25) is 0 Å². The van der Waals surface area contributed by atoms with Gasteiger partial charge in [-0.1, -0.05) is 108 Å². The van der Waals surface area contributed by atoms with Crippen molar-refractivity contribution in [2.45, 2.75) is 105 Å². The molecular weight excluding hydrogens is 871 g/mol. The molecule has 0 aliphatic carbocycles. The second-order valence-electron chi connectivity index (χ2n) is 16.3. The van der Waals surface area contributed by atoms with Crippen LogP contribution in [0, 0.1) is 11.6 Å². The molecule has 12 heteroatoms. The fraction of sp³-hybridized carbons (Fsp3) is 0.321. The van der Waals surface area contributed by atoms with E-state index < -0.39 is 46.6 Å². The Hall–Kier alpha value is -7.08. The van der Waals surface area contributed by atoms with Gasteiger partial charge in [-0.2, -0.15) is 0 Å². The van der Waals surface area contributed by atoms with E-state index in [4.69, 9.17) is 28.4 Å². The van der Waals surface area contributed by atoms with Gasteiger partial charge in [0.25, 0.3) is 0 Å². The van der Waals surface area contributed by atoms with E-state index in [2.05, 4.69) is 13.8 Å². The average molecular weight is 931 g/mol. The van der Waals surface area contributed by atoms with Crippen LogP contribution in [-0.4, -0.2) is 37.1 Å². The van der Waals surface area contributed by atoms with Gasteiger partial charge < -0.3 is 28.4 Å². The summed E-state index contributed by atoms with van der Waals surface area (Å²) in [5.41, 5.74) is 1.11. The van der Waals surface area contributed by atoms with E-state index in [0.29, 0.717) is 13.2 Å². The summed E-state index contributed by atoms with van der Waals surface area (Å²) in [6.45, 7) is 8.80. The first-order valence-corrected chi connectivity index (χ1v) is 23.3. The molecule has 0 amide bonds. The quantitative estimate of drug-likeness (QED) is 0.0229. The monoisotopic (exact) mass is 930 g/mol. The molecule has 358 valence electrons. The molecule has 0 aromatic heterocycles. The lowest BCUT2D eigenvalue weighted by molar-refractivity contribution is -0.130. The second kappa shape index (κ2) is 27.5. The summed E-state index contributed by atoms with van der Waals surface area (Å²) in [5, 5.41) is 0. The third-order valence-corrected chi connectivity index (χ3v) is 10.7. The molecule has 0 aliphatic heterocycles. The molecule has 5 aromatic rings. The minimum atomic E-state index is -1.08. The maximum atomic E-state index is 15.1. The highest BCUT2D eigenvalue weighted by molar-refractivity contribution is 5.96. The van der Waals surface area contributed by atoms with Crippen molar-refractivity contribution in [3.63, 3.8) is 0 Å². The van der Waals surface area contributed by atoms with Crippen LogP contribution in [0.1, 0.15) is 137 Å². The summed E-state index contributed by atoms with van der Waals surface area (Å²) in [5.74, 6) is -4.60. The molecular formula is C56H60F2O10. The number of hydrogen-bond donors (Lipinski definition) is 0. The van der Waals surface area contributed by atoms with Crippen LogP contribution in [0.3, 0.4) is 0 Å². The van der Waals surface area contributed by atoms with Gasteiger partial charge in [-0.05, 0) is 111 Å². The van der Waals surface area contributed by atoms with E-state index in [9.17, 15) is 19.2 Å². The van der Waals surface area contributed by atoms with Crippen LogP contribution in [0.5, 0.6) is 34.5 Å². The Morgan fingerprint density at radius 2 is 0.779 bits per heavy atom. The fourth-order valence-electron chi connectivity index (χ4n) is 6.83. The van der Waals surface area contributed by atoms with Gasteiger partial charge in [-0.15, -0.1) is 0 Å². The molecule has 68 heavy (non-hydrogen) atoms. The number of halogens is 2. The first-order chi connectivity index (χ1) is 32.9. The van der Waals surface area contributed by atoms with Crippen molar-refractivity contribution < 1.29 is 56.4 Å². The maximum absolute atomic E-state index is 15.1. The minimum absolute atomic E-state index is 0.104. The van der Waals surface area contributed by atoms with Crippen LogP contribution in [0.4, 0.5) is 8.78 Å². The molecule has 0 bridgehead atoms.